The van der Waals surface area contributed by atoms with Crippen molar-refractivity contribution in [3.63, 3.8) is 0 Å². The number of fused-ring (bicyclic) bond motifs is 8. The van der Waals surface area contributed by atoms with E-state index in [1.54, 1.807) is 32.8 Å². The molecule has 2 aromatic carbocycles. The fraction of sp³-hybridized carbons (Fsp3) is 0.533. The molecule has 0 saturated carbocycles. The van der Waals surface area contributed by atoms with E-state index in [0.717, 1.165) is 0 Å². The lowest BCUT2D eigenvalue weighted by Crippen LogP contribution is -2.68. The summed E-state index contributed by atoms with van der Waals surface area (Å²) >= 11 is 0. The zero-order valence-corrected chi connectivity index (χ0v) is 23.6. The highest BCUT2D eigenvalue weighted by molar-refractivity contribution is 6.31. The molecule has 2 aromatic rings. The zero-order chi connectivity index (χ0) is 29.8. The first-order valence-corrected chi connectivity index (χ1v) is 13.8. The van der Waals surface area contributed by atoms with Gasteiger partial charge in [-0.1, -0.05) is 6.92 Å². The Bertz CT molecular complexity index is 1480. The van der Waals surface area contributed by atoms with E-state index < -0.39 is 64.9 Å². The number of ketones is 2. The maximum Gasteiger partial charge on any atom is 0.228 e. The highest BCUT2D eigenvalue weighted by atomic mass is 16.7. The minimum absolute atomic E-state index is 0.0794. The van der Waals surface area contributed by atoms with Crippen LogP contribution in [-0.4, -0.2) is 92.8 Å². The number of hydrogen-bond donors (Lipinski definition) is 5. The summed E-state index contributed by atoms with van der Waals surface area (Å²) in [4.78, 5) is 29.8. The Morgan fingerprint density at radius 3 is 2.44 bits per heavy atom. The Morgan fingerprint density at radius 2 is 1.78 bits per heavy atom. The molecule has 6 rings (SSSR count). The number of carbonyl (C=O) groups excluding carboxylic acids is 2. The van der Waals surface area contributed by atoms with Crippen molar-refractivity contribution >= 4 is 11.6 Å². The van der Waals surface area contributed by atoms with Gasteiger partial charge in [-0.2, -0.15) is 0 Å². The monoisotopic (exact) mass is 569 g/mol. The molecule has 5 N–H and O–H groups in total. The lowest BCUT2D eigenvalue weighted by molar-refractivity contribution is -0.311. The third-order valence-electron chi connectivity index (χ3n) is 8.89. The van der Waals surface area contributed by atoms with Crippen LogP contribution >= 0.6 is 0 Å². The lowest BCUT2D eigenvalue weighted by Gasteiger charge is -2.53. The smallest absolute Gasteiger partial charge is 0.228 e. The van der Waals surface area contributed by atoms with Crippen molar-refractivity contribution in [2.75, 3.05) is 20.7 Å². The topological polar surface area (TPSA) is 166 Å². The number of benzene rings is 2. The van der Waals surface area contributed by atoms with Crippen LogP contribution in [0.25, 0.3) is 0 Å². The number of carbonyl (C=O) groups is 2. The predicted molar refractivity (Wildman–Crippen MR) is 143 cm³/mol. The van der Waals surface area contributed by atoms with Gasteiger partial charge in [0.15, 0.2) is 5.78 Å². The maximum absolute atomic E-state index is 14.2. The Morgan fingerprint density at radius 1 is 1.07 bits per heavy atom. The molecule has 220 valence electrons. The summed E-state index contributed by atoms with van der Waals surface area (Å²) in [5, 5.41) is 55.9. The van der Waals surface area contributed by atoms with Gasteiger partial charge in [-0.15, -0.1) is 0 Å². The second-order valence-corrected chi connectivity index (χ2v) is 12.2. The van der Waals surface area contributed by atoms with Crippen molar-refractivity contribution in [3.05, 3.63) is 51.1 Å². The first-order valence-electron chi connectivity index (χ1n) is 13.8. The predicted octanol–water partition coefficient (Wildman–Crippen LogP) is 1.65. The second-order valence-electron chi connectivity index (χ2n) is 12.2. The number of likely N-dealkylation sites (N-methyl/N-ethyl adjacent to an activating group) is 1. The Labute approximate surface area is 236 Å². The Balaban J connectivity index is 1.55. The van der Waals surface area contributed by atoms with Crippen LogP contribution in [0.4, 0.5) is 0 Å². The number of hydrogen-bond acceptors (Lipinski definition) is 11. The van der Waals surface area contributed by atoms with Gasteiger partial charge in [0.25, 0.3) is 0 Å². The molecule has 1 fully saturated rings. The molecule has 4 aliphatic rings. The number of nitrogens with zero attached hydrogens (tertiary/aromatic N) is 1. The number of ether oxygens (including phenoxy) is 3. The van der Waals surface area contributed by atoms with Crippen molar-refractivity contribution < 1.29 is 49.3 Å². The van der Waals surface area contributed by atoms with E-state index in [2.05, 4.69) is 0 Å². The molecule has 2 aliphatic carbocycles. The minimum atomic E-state index is -1.50. The van der Waals surface area contributed by atoms with Crippen molar-refractivity contribution in [2.45, 2.75) is 81.9 Å². The van der Waals surface area contributed by atoms with Gasteiger partial charge < -0.3 is 44.6 Å². The van der Waals surface area contributed by atoms with E-state index in [0.29, 0.717) is 24.2 Å². The molecule has 11 heteroatoms. The van der Waals surface area contributed by atoms with Crippen molar-refractivity contribution in [2.24, 2.45) is 0 Å². The molecule has 2 bridgehead atoms. The van der Waals surface area contributed by atoms with Crippen LogP contribution in [-0.2, 0) is 21.5 Å². The summed E-state index contributed by atoms with van der Waals surface area (Å²) < 4.78 is 17.9. The summed E-state index contributed by atoms with van der Waals surface area (Å²) in [6.07, 6.45) is -3.55. The van der Waals surface area contributed by atoms with Crippen LogP contribution in [0.1, 0.15) is 88.3 Å². The van der Waals surface area contributed by atoms with Gasteiger partial charge in [0.2, 0.25) is 12.1 Å². The highest BCUT2D eigenvalue weighted by Crippen LogP contribution is 2.54. The molecule has 2 aliphatic heterocycles. The minimum Gasteiger partial charge on any atom is -0.507 e. The standard InChI is InChI=1S/C30H35NO10/c1-6-7-39-16-11-29(2,38)10-12-8-13-18(23(34)17(12)16)24(35)19-15(32)9-14-26(20(19)22(13)33)40-28-25(36)21(31(4)5)27(37)30(14,3)41-28/h8-9,16,21,25,27-28,32,34,36-38H,6-7,10-11H2,1-5H3/t16-,21-,25-,27+,28+,29+,30+/m0/s1. The number of phenols is 2. The van der Waals surface area contributed by atoms with Gasteiger partial charge in [-0.25, -0.2) is 0 Å². The van der Waals surface area contributed by atoms with Gasteiger partial charge in [-0.3, -0.25) is 9.59 Å². The molecule has 2 heterocycles. The SMILES string of the molecule is CCCO[C@H]1C[C@](C)(O)Cc2cc3c(c(O)c21)C(=O)c1c(O)cc2c(c1C3=O)O[C@@H]1O[C@@]2(C)[C@H](O)[C@@H](N(C)C)[C@@H]1O. The third kappa shape index (κ3) is 3.87. The highest BCUT2D eigenvalue weighted by Gasteiger charge is 2.59. The second kappa shape index (κ2) is 9.22. The van der Waals surface area contributed by atoms with Gasteiger partial charge in [0, 0.05) is 36.1 Å². The number of aliphatic hydroxyl groups is 3. The van der Waals surface area contributed by atoms with Gasteiger partial charge in [0.05, 0.1) is 34.4 Å². The van der Waals surface area contributed by atoms with Crippen LogP contribution in [0.3, 0.4) is 0 Å². The number of aromatic hydroxyl groups is 2. The van der Waals surface area contributed by atoms with Gasteiger partial charge >= 0.3 is 0 Å². The molecule has 0 amide bonds. The van der Waals surface area contributed by atoms with Crippen molar-refractivity contribution in [1.29, 1.82) is 0 Å². The molecule has 41 heavy (non-hydrogen) atoms. The summed E-state index contributed by atoms with van der Waals surface area (Å²) in [6.45, 7) is 5.52. The van der Waals surface area contributed by atoms with Crippen LogP contribution < -0.4 is 4.74 Å². The van der Waals surface area contributed by atoms with Crippen molar-refractivity contribution in [3.8, 4) is 17.2 Å². The largest absolute Gasteiger partial charge is 0.507 e. The zero-order valence-electron chi connectivity index (χ0n) is 23.6. The van der Waals surface area contributed by atoms with Crippen LogP contribution in [0.5, 0.6) is 17.2 Å². The summed E-state index contributed by atoms with van der Waals surface area (Å²) in [7, 11) is 3.38. The molecular formula is C30H35NO10. The molecule has 0 aromatic heterocycles. The fourth-order valence-corrected chi connectivity index (χ4v) is 6.96. The first-order chi connectivity index (χ1) is 19.2. The van der Waals surface area contributed by atoms with E-state index in [1.807, 2.05) is 6.92 Å². The molecular weight excluding hydrogens is 534 g/mol. The molecule has 11 nitrogen and oxygen atoms in total. The van der Waals surface area contributed by atoms with Gasteiger partial charge in [-0.05, 0) is 52.1 Å². The van der Waals surface area contributed by atoms with Crippen LogP contribution in [0.2, 0.25) is 0 Å². The first kappa shape index (κ1) is 28.1. The average Bonchev–Trinajstić information content (AvgIpc) is 2.88. The third-order valence-corrected chi connectivity index (χ3v) is 8.89. The maximum atomic E-state index is 14.2. The number of aliphatic hydroxyl groups excluding tert-OH is 2. The van der Waals surface area contributed by atoms with E-state index in [-0.39, 0.29) is 46.4 Å². The molecule has 0 spiro atoms. The van der Waals surface area contributed by atoms with E-state index in [9.17, 15) is 35.1 Å². The molecule has 7 atom stereocenters. The fourth-order valence-electron chi connectivity index (χ4n) is 6.96. The normalized spacial score (nSPS) is 33.5. The average molecular weight is 570 g/mol. The van der Waals surface area contributed by atoms with E-state index in [1.165, 1.54) is 12.1 Å². The molecule has 1 saturated heterocycles. The van der Waals surface area contributed by atoms with E-state index >= 15 is 0 Å². The van der Waals surface area contributed by atoms with E-state index in [4.69, 9.17) is 14.2 Å². The summed E-state index contributed by atoms with van der Waals surface area (Å²) in [6, 6.07) is 1.93. The van der Waals surface area contributed by atoms with Crippen molar-refractivity contribution in [1.82, 2.24) is 4.90 Å². The number of phenolic OH excluding ortho intramolecular Hbond substituents is 2. The number of rotatable bonds is 4. The summed E-state index contributed by atoms with van der Waals surface area (Å²) in [5.74, 6) is -2.49. The molecule has 0 unspecified atom stereocenters. The Kier molecular flexibility index (Phi) is 6.31. The Hall–Kier alpha value is -3.06. The lowest BCUT2D eigenvalue weighted by atomic mass is 9.72. The molecule has 0 radical (unpaired) electrons. The van der Waals surface area contributed by atoms with Gasteiger partial charge in [0.1, 0.15) is 35.1 Å². The van der Waals surface area contributed by atoms with Crippen LogP contribution in [0, 0.1) is 0 Å². The quantitative estimate of drug-likeness (QED) is 0.310. The summed E-state index contributed by atoms with van der Waals surface area (Å²) in [5.41, 5.74) is -2.64. The van der Waals surface area contributed by atoms with Crippen LogP contribution in [0.15, 0.2) is 12.1 Å².